The normalized spacial score (nSPS) is 21.1. The number of amides is 1. The molecule has 1 aromatic rings. The van der Waals surface area contributed by atoms with Crippen molar-refractivity contribution in [1.29, 1.82) is 0 Å². The summed E-state index contributed by atoms with van der Waals surface area (Å²) >= 11 is 2.99. The number of hydrogen-bond donors (Lipinski definition) is 1. The Kier molecular flexibility index (Phi) is 6.42. The van der Waals surface area contributed by atoms with Crippen LogP contribution in [0, 0.1) is 0 Å². The van der Waals surface area contributed by atoms with Gasteiger partial charge in [-0.3, -0.25) is 0 Å². The first-order valence-corrected chi connectivity index (χ1v) is 10.8. The van der Waals surface area contributed by atoms with Gasteiger partial charge in [-0.2, -0.15) is 13.2 Å². The van der Waals surface area contributed by atoms with Gasteiger partial charge in [-0.25, -0.2) is 17.9 Å². The van der Waals surface area contributed by atoms with E-state index in [4.69, 9.17) is 4.74 Å². The molecule has 6 nitrogen and oxygen atoms in total. The standard InChI is InChI=1S/C17H22BrF3N2O4S/c1-10-7-12(9-23(10)15(24)27-16(2,3)4)22-28(25,26)14-8-11(17(19,20)21)5-6-13(14)18/h5-6,8,10,12,22H,7,9H2,1-4H3/t10-,12+/m0/s1. The second-order valence-electron chi connectivity index (χ2n) is 7.68. The summed E-state index contributed by atoms with van der Waals surface area (Å²) in [5, 5.41) is 0. The predicted octanol–water partition coefficient (Wildman–Crippen LogP) is 4.14. The minimum absolute atomic E-state index is 0.0167. The maximum atomic E-state index is 12.9. The smallest absolute Gasteiger partial charge is 0.416 e. The van der Waals surface area contributed by atoms with Crippen LogP contribution in [0.1, 0.15) is 39.7 Å². The van der Waals surface area contributed by atoms with Crippen LogP contribution in [0.25, 0.3) is 0 Å². The van der Waals surface area contributed by atoms with Crippen LogP contribution in [0.5, 0.6) is 0 Å². The van der Waals surface area contributed by atoms with Crippen LogP contribution in [0.3, 0.4) is 0 Å². The maximum absolute atomic E-state index is 12.9. The number of carbonyl (C=O) groups is 1. The quantitative estimate of drug-likeness (QED) is 0.696. The summed E-state index contributed by atoms with van der Waals surface area (Å²) in [5.74, 6) is 0. The number of sulfonamides is 1. The van der Waals surface area contributed by atoms with Crippen molar-refractivity contribution in [2.24, 2.45) is 0 Å². The molecule has 1 N–H and O–H groups in total. The van der Waals surface area contributed by atoms with Crippen molar-refractivity contribution < 1.29 is 31.1 Å². The fourth-order valence-electron chi connectivity index (χ4n) is 2.86. The Morgan fingerprint density at radius 2 is 1.89 bits per heavy atom. The monoisotopic (exact) mass is 486 g/mol. The molecule has 0 unspecified atom stereocenters. The lowest BCUT2D eigenvalue weighted by Crippen LogP contribution is -2.41. The lowest BCUT2D eigenvalue weighted by molar-refractivity contribution is -0.137. The molecule has 1 amide bonds. The number of rotatable bonds is 3. The summed E-state index contributed by atoms with van der Waals surface area (Å²) in [7, 11) is -4.24. The first-order chi connectivity index (χ1) is 12.6. The van der Waals surface area contributed by atoms with Gasteiger partial charge in [-0.1, -0.05) is 0 Å². The van der Waals surface area contributed by atoms with Crippen LogP contribution in [0.4, 0.5) is 18.0 Å². The van der Waals surface area contributed by atoms with E-state index in [0.29, 0.717) is 12.5 Å². The number of nitrogens with zero attached hydrogens (tertiary/aromatic N) is 1. The Bertz CT molecular complexity index is 853. The van der Waals surface area contributed by atoms with E-state index in [0.717, 1.165) is 12.1 Å². The molecule has 1 saturated heterocycles. The number of benzene rings is 1. The zero-order chi connectivity index (χ0) is 21.5. The third-order valence-corrected chi connectivity index (χ3v) is 6.59. The van der Waals surface area contributed by atoms with E-state index in [2.05, 4.69) is 20.7 Å². The Morgan fingerprint density at radius 1 is 1.29 bits per heavy atom. The molecule has 11 heteroatoms. The number of ether oxygens (including phenoxy) is 1. The number of nitrogens with one attached hydrogen (secondary N) is 1. The predicted molar refractivity (Wildman–Crippen MR) is 100 cm³/mol. The van der Waals surface area contributed by atoms with Gasteiger partial charge in [-0.15, -0.1) is 0 Å². The van der Waals surface area contributed by atoms with E-state index >= 15 is 0 Å². The molecule has 158 valence electrons. The first-order valence-electron chi connectivity index (χ1n) is 8.49. The van der Waals surface area contributed by atoms with Gasteiger partial charge in [0.2, 0.25) is 10.0 Å². The Balaban J connectivity index is 2.19. The zero-order valence-corrected chi connectivity index (χ0v) is 18.2. The molecule has 0 aliphatic carbocycles. The van der Waals surface area contributed by atoms with E-state index in [1.54, 1.807) is 27.7 Å². The number of likely N-dealkylation sites (tertiary alicyclic amines) is 1. The molecule has 1 heterocycles. The molecule has 1 fully saturated rings. The number of hydrogen-bond acceptors (Lipinski definition) is 4. The highest BCUT2D eigenvalue weighted by Crippen LogP contribution is 2.34. The number of halogens is 4. The molecule has 1 aliphatic rings. The fourth-order valence-corrected chi connectivity index (χ4v) is 5.09. The highest BCUT2D eigenvalue weighted by atomic mass is 79.9. The van der Waals surface area contributed by atoms with E-state index in [-0.39, 0.29) is 17.1 Å². The Hall–Kier alpha value is -1.33. The molecule has 0 spiro atoms. The molecule has 0 bridgehead atoms. The molecule has 2 atom stereocenters. The third kappa shape index (κ3) is 5.60. The van der Waals surface area contributed by atoms with Gasteiger partial charge >= 0.3 is 12.3 Å². The van der Waals surface area contributed by atoms with Gasteiger partial charge in [0.25, 0.3) is 0 Å². The maximum Gasteiger partial charge on any atom is 0.416 e. The lowest BCUT2D eigenvalue weighted by Gasteiger charge is -2.27. The van der Waals surface area contributed by atoms with Crippen molar-refractivity contribution in [3.63, 3.8) is 0 Å². The SMILES string of the molecule is C[C@H]1C[C@@H](NS(=O)(=O)c2cc(C(F)(F)F)ccc2Br)CN1C(=O)OC(C)(C)C. The molecule has 28 heavy (non-hydrogen) atoms. The van der Waals surface area contributed by atoms with Crippen molar-refractivity contribution in [2.75, 3.05) is 6.54 Å². The molecule has 0 saturated carbocycles. The van der Waals surface area contributed by atoms with E-state index in [9.17, 15) is 26.4 Å². The van der Waals surface area contributed by atoms with Crippen molar-refractivity contribution in [3.8, 4) is 0 Å². The van der Waals surface area contributed by atoms with Crippen molar-refractivity contribution in [2.45, 2.75) is 62.9 Å². The summed E-state index contributed by atoms with van der Waals surface area (Å²) < 4.78 is 71.8. The Labute approximate surface area is 170 Å². The van der Waals surface area contributed by atoms with Gasteiger partial charge in [0.1, 0.15) is 5.60 Å². The molecule has 1 aromatic carbocycles. The summed E-state index contributed by atoms with van der Waals surface area (Å²) in [6.07, 6.45) is -4.92. The van der Waals surface area contributed by atoms with E-state index in [1.807, 2.05) is 0 Å². The van der Waals surface area contributed by atoms with Crippen LogP contribution in [0.15, 0.2) is 27.6 Å². The van der Waals surface area contributed by atoms with Gasteiger partial charge in [0.15, 0.2) is 0 Å². The number of carbonyl (C=O) groups excluding carboxylic acids is 1. The highest BCUT2D eigenvalue weighted by molar-refractivity contribution is 9.10. The van der Waals surface area contributed by atoms with Crippen molar-refractivity contribution in [1.82, 2.24) is 9.62 Å². The molecule has 0 radical (unpaired) electrons. The van der Waals surface area contributed by atoms with Gasteiger partial charge in [-0.05, 0) is 68.2 Å². The second kappa shape index (κ2) is 7.83. The Morgan fingerprint density at radius 3 is 2.43 bits per heavy atom. The van der Waals surface area contributed by atoms with Gasteiger partial charge in [0, 0.05) is 23.1 Å². The van der Waals surface area contributed by atoms with E-state index < -0.39 is 44.4 Å². The molecule has 0 aromatic heterocycles. The van der Waals surface area contributed by atoms with Gasteiger partial charge < -0.3 is 9.64 Å². The third-order valence-electron chi connectivity index (χ3n) is 4.07. The highest BCUT2D eigenvalue weighted by Gasteiger charge is 2.38. The summed E-state index contributed by atoms with van der Waals surface area (Å²) in [6.45, 7) is 6.97. The summed E-state index contributed by atoms with van der Waals surface area (Å²) in [5.41, 5.74) is -1.76. The van der Waals surface area contributed by atoms with Crippen molar-refractivity contribution >= 4 is 32.0 Å². The summed E-state index contributed by atoms with van der Waals surface area (Å²) in [4.78, 5) is 13.1. The summed E-state index contributed by atoms with van der Waals surface area (Å²) in [6, 6.07) is 1.49. The van der Waals surface area contributed by atoms with Crippen LogP contribution < -0.4 is 4.72 Å². The average molecular weight is 487 g/mol. The lowest BCUT2D eigenvalue weighted by atomic mass is 10.2. The molecule has 2 rings (SSSR count). The minimum Gasteiger partial charge on any atom is -0.444 e. The average Bonchev–Trinajstić information content (AvgIpc) is 2.84. The second-order valence-corrected chi connectivity index (χ2v) is 10.2. The topological polar surface area (TPSA) is 75.7 Å². The van der Waals surface area contributed by atoms with Crippen LogP contribution in [0.2, 0.25) is 0 Å². The molecule has 1 aliphatic heterocycles. The van der Waals surface area contributed by atoms with Crippen LogP contribution >= 0.6 is 15.9 Å². The molecular formula is C17H22BrF3N2O4S. The van der Waals surface area contributed by atoms with Crippen LogP contribution in [-0.2, 0) is 20.9 Å². The zero-order valence-electron chi connectivity index (χ0n) is 15.8. The van der Waals surface area contributed by atoms with Crippen molar-refractivity contribution in [3.05, 3.63) is 28.2 Å². The minimum atomic E-state index is -4.67. The van der Waals surface area contributed by atoms with E-state index in [1.165, 1.54) is 4.90 Å². The largest absolute Gasteiger partial charge is 0.444 e. The van der Waals surface area contributed by atoms with Gasteiger partial charge in [0.05, 0.1) is 10.5 Å². The fraction of sp³-hybridized carbons (Fsp3) is 0.588. The first kappa shape index (κ1) is 23.0. The molecular weight excluding hydrogens is 465 g/mol. The number of alkyl halides is 3. The van der Waals surface area contributed by atoms with Crippen LogP contribution in [-0.4, -0.2) is 43.6 Å².